The predicted molar refractivity (Wildman–Crippen MR) is 151 cm³/mol. The largest absolute Gasteiger partial charge is 0.478 e. The molecule has 1 unspecified atom stereocenters. The number of carboxylic acid groups (broad SMARTS) is 1. The number of nitrogens with one attached hydrogen (secondary N) is 3. The topological polar surface area (TPSA) is 108 Å². The minimum absolute atomic E-state index is 0.0777. The molecule has 3 aliphatic rings. The molecule has 3 atom stereocenters. The number of benzene rings is 3. The maximum atomic E-state index is 15.9. The highest BCUT2D eigenvalue weighted by Gasteiger charge is 2.72. The third kappa shape index (κ3) is 3.92. The van der Waals surface area contributed by atoms with Crippen molar-refractivity contribution in [2.45, 2.75) is 55.0 Å². The Hall–Kier alpha value is -3.46. The van der Waals surface area contributed by atoms with E-state index in [2.05, 4.69) is 16.0 Å². The molecule has 0 radical (unpaired) electrons. The summed E-state index contributed by atoms with van der Waals surface area (Å²) in [5.74, 6) is -3.50. The fraction of sp³-hybridized carbons (Fsp3) is 0.300. The molecule has 2 heterocycles. The van der Waals surface area contributed by atoms with E-state index in [0.717, 1.165) is 19.3 Å². The first-order chi connectivity index (χ1) is 19.2. The number of halogens is 3. The van der Waals surface area contributed by atoms with Crippen LogP contribution in [-0.2, 0) is 15.0 Å². The molecule has 2 aliphatic heterocycles. The molecule has 4 N–H and O–H groups in total. The summed E-state index contributed by atoms with van der Waals surface area (Å²) in [5, 5.41) is 19.0. The Bertz CT molecular complexity index is 1540. The normalized spacial score (nSPS) is 24.6. The number of carboxylic acids is 1. The van der Waals surface area contributed by atoms with Gasteiger partial charge in [-0.15, -0.1) is 0 Å². The van der Waals surface area contributed by atoms with Crippen LogP contribution in [0.4, 0.5) is 15.8 Å². The summed E-state index contributed by atoms with van der Waals surface area (Å²) in [6, 6.07) is 14.6. The van der Waals surface area contributed by atoms with Crippen LogP contribution in [0.1, 0.15) is 59.5 Å². The molecule has 0 aromatic heterocycles. The molecular formula is C30H26Cl2FN3O4. The van der Waals surface area contributed by atoms with Gasteiger partial charge in [0.2, 0.25) is 11.8 Å². The highest BCUT2D eigenvalue weighted by atomic mass is 35.5. The van der Waals surface area contributed by atoms with E-state index in [-0.39, 0.29) is 22.1 Å². The number of hydrogen-bond donors (Lipinski definition) is 4. The van der Waals surface area contributed by atoms with Crippen LogP contribution in [0.3, 0.4) is 0 Å². The zero-order chi connectivity index (χ0) is 28.2. The van der Waals surface area contributed by atoms with Gasteiger partial charge in [0.1, 0.15) is 11.2 Å². The molecule has 1 aliphatic carbocycles. The van der Waals surface area contributed by atoms with Gasteiger partial charge in [0.15, 0.2) is 0 Å². The van der Waals surface area contributed by atoms with Crippen molar-refractivity contribution in [3.8, 4) is 0 Å². The zero-order valence-corrected chi connectivity index (χ0v) is 22.8. The molecule has 0 bridgehead atoms. The molecule has 2 amide bonds. The van der Waals surface area contributed by atoms with E-state index in [1.54, 1.807) is 30.3 Å². The fourth-order valence-corrected chi connectivity index (χ4v) is 7.49. The lowest BCUT2D eigenvalue weighted by Gasteiger charge is -2.47. The molecule has 6 rings (SSSR count). The molecule has 206 valence electrons. The van der Waals surface area contributed by atoms with E-state index >= 15 is 4.39 Å². The highest BCUT2D eigenvalue weighted by molar-refractivity contribution is 6.31. The van der Waals surface area contributed by atoms with Crippen molar-refractivity contribution in [3.63, 3.8) is 0 Å². The molecule has 1 saturated heterocycles. The quantitative estimate of drug-likeness (QED) is 0.297. The highest BCUT2D eigenvalue weighted by Crippen LogP contribution is 2.62. The summed E-state index contributed by atoms with van der Waals surface area (Å²) in [5.41, 5.74) is -0.333. The molecule has 2 spiro atoms. The number of anilines is 2. The van der Waals surface area contributed by atoms with Gasteiger partial charge >= 0.3 is 5.97 Å². The Morgan fingerprint density at radius 2 is 1.73 bits per heavy atom. The summed E-state index contributed by atoms with van der Waals surface area (Å²) in [4.78, 5) is 39.6. The van der Waals surface area contributed by atoms with E-state index in [9.17, 15) is 19.5 Å². The smallest absolute Gasteiger partial charge is 0.335 e. The number of fused-ring (bicyclic) bond motifs is 3. The second-order valence-corrected chi connectivity index (χ2v) is 11.6. The van der Waals surface area contributed by atoms with Crippen LogP contribution in [0.25, 0.3) is 0 Å². The number of carbonyl (C=O) groups excluding carboxylic acids is 2. The average Bonchev–Trinajstić information content (AvgIpc) is 3.38. The van der Waals surface area contributed by atoms with E-state index in [0.29, 0.717) is 34.8 Å². The van der Waals surface area contributed by atoms with Crippen molar-refractivity contribution in [3.05, 3.63) is 93.2 Å². The second-order valence-electron chi connectivity index (χ2n) is 10.7. The van der Waals surface area contributed by atoms with Crippen molar-refractivity contribution < 1.29 is 23.9 Å². The van der Waals surface area contributed by atoms with E-state index in [4.69, 9.17) is 23.2 Å². The van der Waals surface area contributed by atoms with Gasteiger partial charge in [0.05, 0.1) is 16.6 Å². The van der Waals surface area contributed by atoms with E-state index in [1.807, 2.05) is 0 Å². The summed E-state index contributed by atoms with van der Waals surface area (Å²) in [6.45, 7) is 0. The number of aromatic carboxylic acids is 1. The van der Waals surface area contributed by atoms with Crippen LogP contribution in [0.5, 0.6) is 0 Å². The lowest BCUT2D eigenvalue weighted by atomic mass is 9.55. The van der Waals surface area contributed by atoms with Crippen LogP contribution in [-0.4, -0.2) is 34.5 Å². The minimum Gasteiger partial charge on any atom is -0.478 e. The Morgan fingerprint density at radius 3 is 2.42 bits per heavy atom. The van der Waals surface area contributed by atoms with Crippen molar-refractivity contribution in [2.75, 3.05) is 10.6 Å². The van der Waals surface area contributed by atoms with Gasteiger partial charge in [0.25, 0.3) is 0 Å². The lowest BCUT2D eigenvalue weighted by Crippen LogP contribution is -2.60. The first kappa shape index (κ1) is 26.7. The van der Waals surface area contributed by atoms with E-state index < -0.39 is 40.6 Å². The number of carbonyl (C=O) groups is 3. The molecule has 2 fully saturated rings. The monoisotopic (exact) mass is 581 g/mol. The van der Waals surface area contributed by atoms with E-state index in [1.165, 1.54) is 30.3 Å². The Balaban J connectivity index is 1.54. The summed E-state index contributed by atoms with van der Waals surface area (Å²) in [7, 11) is 0. The van der Waals surface area contributed by atoms with Crippen molar-refractivity contribution in [1.29, 1.82) is 0 Å². The zero-order valence-electron chi connectivity index (χ0n) is 21.3. The number of hydrogen-bond acceptors (Lipinski definition) is 4. The molecule has 3 aromatic carbocycles. The molecule has 7 nitrogen and oxygen atoms in total. The second kappa shape index (κ2) is 9.87. The molecular weight excluding hydrogens is 556 g/mol. The van der Waals surface area contributed by atoms with Gasteiger partial charge in [-0.1, -0.05) is 60.7 Å². The Kier molecular flexibility index (Phi) is 6.60. The van der Waals surface area contributed by atoms with Crippen LogP contribution < -0.4 is 16.0 Å². The summed E-state index contributed by atoms with van der Waals surface area (Å²) in [6.07, 6.45) is 3.87. The fourth-order valence-electron chi connectivity index (χ4n) is 7.13. The Morgan fingerprint density at radius 1 is 1.00 bits per heavy atom. The predicted octanol–water partition coefficient (Wildman–Crippen LogP) is 6.12. The van der Waals surface area contributed by atoms with Gasteiger partial charge < -0.3 is 15.7 Å². The van der Waals surface area contributed by atoms with Crippen molar-refractivity contribution in [2.24, 2.45) is 0 Å². The summed E-state index contributed by atoms with van der Waals surface area (Å²) >= 11 is 12.6. The molecule has 40 heavy (non-hydrogen) atoms. The maximum absolute atomic E-state index is 15.9. The third-order valence-corrected chi connectivity index (χ3v) is 9.23. The SMILES string of the molecule is O=C(O)c1ccc(NC(=O)C2NC3(CCCCC3)[C@@]3(C(=O)Nc4cc(Cl)ccc43)[C@@H]2c2cccc(Cl)c2F)cc1. The first-order valence-electron chi connectivity index (χ1n) is 13.2. The van der Waals surface area contributed by atoms with Crippen molar-refractivity contribution in [1.82, 2.24) is 5.32 Å². The molecule has 10 heteroatoms. The van der Waals surface area contributed by atoms with Crippen LogP contribution in [0.2, 0.25) is 10.0 Å². The van der Waals surface area contributed by atoms with Gasteiger partial charge in [-0.2, -0.15) is 0 Å². The lowest BCUT2D eigenvalue weighted by molar-refractivity contribution is -0.124. The molecule has 1 saturated carbocycles. The Labute approximate surface area is 240 Å². The van der Waals surface area contributed by atoms with Gasteiger partial charge in [-0.05, 0) is 66.4 Å². The number of rotatable bonds is 4. The van der Waals surface area contributed by atoms with Gasteiger partial charge in [-0.25, -0.2) is 9.18 Å². The van der Waals surface area contributed by atoms with Crippen LogP contribution in [0.15, 0.2) is 60.7 Å². The standard InChI is InChI=1S/C30H26Cl2FN3O4/c31-17-9-12-20-22(15-17)35-28(40)30(20)23(19-5-4-6-21(32)24(19)33)25(36-29(30)13-2-1-3-14-29)26(37)34-18-10-7-16(8-11-18)27(38)39/h4-12,15,23,25,36H,1-3,13-14H2,(H,34,37)(H,35,40)(H,38,39)/t23-,25?,30-/m1/s1. The maximum Gasteiger partial charge on any atom is 0.335 e. The van der Waals surface area contributed by atoms with Gasteiger partial charge in [-0.3, -0.25) is 14.9 Å². The van der Waals surface area contributed by atoms with Crippen molar-refractivity contribution >= 4 is 52.4 Å². The number of amides is 2. The van der Waals surface area contributed by atoms with Crippen LogP contribution in [0, 0.1) is 5.82 Å². The first-order valence-corrected chi connectivity index (χ1v) is 13.9. The summed E-state index contributed by atoms with van der Waals surface area (Å²) < 4.78 is 15.9. The van der Waals surface area contributed by atoms with Gasteiger partial charge in [0, 0.05) is 27.9 Å². The molecule has 3 aromatic rings. The average molecular weight is 582 g/mol. The third-order valence-electron chi connectivity index (χ3n) is 8.70. The van der Waals surface area contributed by atoms with Crippen LogP contribution >= 0.6 is 23.2 Å². The minimum atomic E-state index is -1.33.